The molecular weight excluding hydrogens is 229 g/mol. The molecule has 1 heterocycles. The lowest BCUT2D eigenvalue weighted by molar-refractivity contribution is 0.408. The van der Waals surface area contributed by atoms with Gasteiger partial charge in [-0.15, -0.1) is 11.6 Å². The fourth-order valence-electron chi connectivity index (χ4n) is 0.744. The van der Waals surface area contributed by atoms with Gasteiger partial charge in [0.05, 0.1) is 18.7 Å². The molecule has 0 aromatic carbocycles. The molecule has 0 amide bonds. The summed E-state index contributed by atoms with van der Waals surface area (Å²) < 4.78 is 5.80. The van der Waals surface area contributed by atoms with Crippen molar-refractivity contribution in [3.63, 3.8) is 0 Å². The number of halogens is 2. The third-order valence-electron chi connectivity index (χ3n) is 1.24. The summed E-state index contributed by atoms with van der Waals surface area (Å²) in [6.45, 7) is 0. The van der Waals surface area contributed by atoms with Crippen molar-refractivity contribution < 1.29 is 4.74 Å². The highest BCUT2D eigenvalue weighted by atomic mass is 79.9. The topological polar surface area (TPSA) is 22.1 Å². The van der Waals surface area contributed by atoms with E-state index in [2.05, 4.69) is 20.9 Å². The van der Waals surface area contributed by atoms with Gasteiger partial charge >= 0.3 is 0 Å². The molecule has 0 bridgehead atoms. The summed E-state index contributed by atoms with van der Waals surface area (Å²) in [5, 5.41) is 0. The van der Waals surface area contributed by atoms with Crippen LogP contribution in [0.1, 0.15) is 5.69 Å². The predicted octanol–water partition coefficient (Wildman–Crippen LogP) is 2.59. The number of hydrogen-bond donors (Lipinski definition) is 0. The van der Waals surface area contributed by atoms with Gasteiger partial charge in [-0.05, 0) is 28.1 Å². The van der Waals surface area contributed by atoms with Crippen LogP contribution in [0.25, 0.3) is 0 Å². The molecule has 0 saturated heterocycles. The average Bonchev–Trinajstić information content (AvgIpc) is 2.04. The number of ether oxygens (including phenoxy) is 1. The number of aromatic nitrogens is 1. The summed E-state index contributed by atoms with van der Waals surface area (Å²) in [7, 11) is 1.60. The van der Waals surface area contributed by atoms with Crippen LogP contribution in [0.5, 0.6) is 5.75 Å². The Bertz CT molecular complexity index is 254. The highest BCUT2D eigenvalue weighted by molar-refractivity contribution is 9.10. The molecule has 0 saturated carbocycles. The lowest BCUT2D eigenvalue weighted by Gasteiger charge is -2.03. The van der Waals surface area contributed by atoms with Gasteiger partial charge in [0.2, 0.25) is 0 Å². The van der Waals surface area contributed by atoms with E-state index in [1.165, 1.54) is 0 Å². The van der Waals surface area contributed by atoms with Crippen LogP contribution >= 0.6 is 27.5 Å². The van der Waals surface area contributed by atoms with Gasteiger partial charge in [-0.3, -0.25) is 0 Å². The maximum absolute atomic E-state index is 5.62. The lowest BCUT2D eigenvalue weighted by atomic mass is 10.3. The molecule has 1 aromatic heterocycles. The minimum absolute atomic E-state index is 0.364. The van der Waals surface area contributed by atoms with Crippen molar-refractivity contribution >= 4 is 27.5 Å². The Morgan fingerprint density at radius 1 is 1.64 bits per heavy atom. The highest BCUT2D eigenvalue weighted by Gasteiger charge is 2.02. The van der Waals surface area contributed by atoms with Crippen LogP contribution in [-0.4, -0.2) is 12.1 Å². The summed E-state index contributed by atoms with van der Waals surface area (Å²) in [6, 6.07) is 3.64. The smallest absolute Gasteiger partial charge is 0.141 e. The number of methoxy groups -OCH3 is 1. The first-order valence-corrected chi connectivity index (χ1v) is 4.36. The number of nitrogens with zero attached hydrogens (tertiary/aromatic N) is 1. The Morgan fingerprint density at radius 3 is 2.91 bits per heavy atom. The summed E-state index contributed by atoms with van der Waals surface area (Å²) >= 11 is 8.86. The molecule has 4 heteroatoms. The van der Waals surface area contributed by atoms with Crippen molar-refractivity contribution in [2.24, 2.45) is 0 Å². The van der Waals surface area contributed by atoms with Crippen LogP contribution in [0.2, 0.25) is 0 Å². The molecular formula is C7H7BrClNO. The van der Waals surface area contributed by atoms with Crippen molar-refractivity contribution in [1.82, 2.24) is 4.98 Å². The van der Waals surface area contributed by atoms with Crippen molar-refractivity contribution in [1.29, 1.82) is 0 Å². The Balaban J connectivity index is 3.06. The minimum Gasteiger partial charge on any atom is -0.495 e. The molecule has 60 valence electrons. The fraction of sp³-hybridized carbons (Fsp3) is 0.286. The standard InChI is InChI=1S/C7H7BrClNO/c1-11-6-2-3-7(8)10-5(6)4-9/h2-3H,4H2,1H3. The van der Waals surface area contributed by atoms with Crippen LogP contribution < -0.4 is 4.74 Å². The first-order valence-electron chi connectivity index (χ1n) is 3.03. The zero-order chi connectivity index (χ0) is 8.27. The number of rotatable bonds is 2. The summed E-state index contributed by atoms with van der Waals surface area (Å²) in [6.07, 6.45) is 0. The summed E-state index contributed by atoms with van der Waals surface area (Å²) in [5.41, 5.74) is 0.753. The van der Waals surface area contributed by atoms with E-state index in [9.17, 15) is 0 Å². The Hall–Kier alpha value is -0.280. The number of hydrogen-bond acceptors (Lipinski definition) is 2. The van der Waals surface area contributed by atoms with E-state index in [1.54, 1.807) is 7.11 Å². The SMILES string of the molecule is COc1ccc(Br)nc1CCl. The van der Waals surface area contributed by atoms with Gasteiger partial charge in [0, 0.05) is 0 Å². The third kappa shape index (κ3) is 2.07. The number of alkyl halides is 1. The lowest BCUT2D eigenvalue weighted by Crippen LogP contribution is -1.92. The molecule has 0 fully saturated rings. The molecule has 0 atom stereocenters. The first-order chi connectivity index (χ1) is 5.27. The quantitative estimate of drug-likeness (QED) is 0.582. The first kappa shape index (κ1) is 8.81. The van der Waals surface area contributed by atoms with E-state index in [-0.39, 0.29) is 0 Å². The van der Waals surface area contributed by atoms with Crippen molar-refractivity contribution in [2.75, 3.05) is 7.11 Å². The molecule has 0 unspecified atom stereocenters. The van der Waals surface area contributed by atoms with E-state index in [1.807, 2.05) is 12.1 Å². The Labute approximate surface area is 78.7 Å². The van der Waals surface area contributed by atoms with Crippen LogP contribution in [0.4, 0.5) is 0 Å². The predicted molar refractivity (Wildman–Crippen MR) is 48.0 cm³/mol. The van der Waals surface area contributed by atoms with Crippen LogP contribution in [0.3, 0.4) is 0 Å². The maximum Gasteiger partial charge on any atom is 0.141 e. The minimum atomic E-state index is 0.364. The van der Waals surface area contributed by atoms with Gasteiger partial charge in [-0.1, -0.05) is 0 Å². The van der Waals surface area contributed by atoms with E-state index < -0.39 is 0 Å². The zero-order valence-electron chi connectivity index (χ0n) is 5.97. The van der Waals surface area contributed by atoms with Gasteiger partial charge in [0.15, 0.2) is 0 Å². The Kier molecular flexibility index (Phi) is 3.15. The molecule has 1 rings (SSSR count). The van der Waals surface area contributed by atoms with Crippen molar-refractivity contribution in [2.45, 2.75) is 5.88 Å². The molecule has 0 N–H and O–H groups in total. The fourth-order valence-corrected chi connectivity index (χ4v) is 1.28. The molecule has 11 heavy (non-hydrogen) atoms. The monoisotopic (exact) mass is 235 g/mol. The second-order valence-electron chi connectivity index (χ2n) is 1.92. The van der Waals surface area contributed by atoms with Crippen molar-refractivity contribution in [3.8, 4) is 5.75 Å². The molecule has 0 radical (unpaired) electrons. The summed E-state index contributed by atoms with van der Waals surface area (Å²) in [5.74, 6) is 1.09. The van der Waals surface area contributed by atoms with Gasteiger partial charge in [0.1, 0.15) is 10.4 Å². The average molecular weight is 236 g/mol. The van der Waals surface area contributed by atoms with Gasteiger partial charge in [-0.25, -0.2) is 4.98 Å². The van der Waals surface area contributed by atoms with Gasteiger partial charge in [-0.2, -0.15) is 0 Å². The van der Waals surface area contributed by atoms with Gasteiger partial charge < -0.3 is 4.74 Å². The normalized spacial score (nSPS) is 9.73. The second kappa shape index (κ2) is 3.93. The maximum atomic E-state index is 5.62. The molecule has 0 aliphatic heterocycles. The van der Waals surface area contributed by atoms with E-state index >= 15 is 0 Å². The van der Waals surface area contributed by atoms with Crippen LogP contribution in [0, 0.1) is 0 Å². The van der Waals surface area contributed by atoms with Crippen LogP contribution in [-0.2, 0) is 5.88 Å². The zero-order valence-corrected chi connectivity index (χ0v) is 8.32. The number of pyridine rings is 1. The van der Waals surface area contributed by atoms with E-state index in [4.69, 9.17) is 16.3 Å². The van der Waals surface area contributed by atoms with Gasteiger partial charge in [0.25, 0.3) is 0 Å². The highest BCUT2D eigenvalue weighted by Crippen LogP contribution is 2.20. The molecule has 2 nitrogen and oxygen atoms in total. The molecule has 1 aromatic rings. The summed E-state index contributed by atoms with van der Waals surface area (Å²) in [4.78, 5) is 4.12. The third-order valence-corrected chi connectivity index (χ3v) is 1.94. The molecule has 0 aliphatic carbocycles. The van der Waals surface area contributed by atoms with E-state index in [0.29, 0.717) is 5.88 Å². The second-order valence-corrected chi connectivity index (χ2v) is 3.00. The largest absolute Gasteiger partial charge is 0.495 e. The van der Waals surface area contributed by atoms with E-state index in [0.717, 1.165) is 16.0 Å². The molecule has 0 aliphatic rings. The molecule has 0 spiro atoms. The Morgan fingerprint density at radius 2 is 2.36 bits per heavy atom. The van der Waals surface area contributed by atoms with Crippen LogP contribution in [0.15, 0.2) is 16.7 Å². The van der Waals surface area contributed by atoms with Crippen molar-refractivity contribution in [3.05, 3.63) is 22.4 Å².